The highest BCUT2D eigenvalue weighted by atomic mass is 32.2. The molecule has 1 heterocycles. The highest BCUT2D eigenvalue weighted by Crippen LogP contribution is 2.16. The number of unbranched alkanes of at least 4 members (excludes halogenated alkanes) is 1. The molecule has 2 rings (SSSR count). The molecule has 1 aliphatic rings. The number of ether oxygens (including phenoxy) is 1. The summed E-state index contributed by atoms with van der Waals surface area (Å²) in [6, 6.07) is 8.54. The van der Waals surface area contributed by atoms with Gasteiger partial charge < -0.3 is 15.0 Å². The molecule has 1 aromatic carbocycles. The predicted molar refractivity (Wildman–Crippen MR) is 98.3 cm³/mol. The van der Waals surface area contributed by atoms with Gasteiger partial charge in [-0.1, -0.05) is 30.3 Å². The molecule has 26 heavy (non-hydrogen) atoms. The Morgan fingerprint density at radius 2 is 2.08 bits per heavy atom. The first-order chi connectivity index (χ1) is 12.6. The standard InChI is InChI=1S/C17H23N3O5S/c21-16(19-10-11-26-13-19)15(8-4-5-9-20(23)24)18-17(22)25-12-14-6-2-1-3-7-14/h1-3,6-7,15H,4-5,8-13H2,(H,18,22)/t15-/m0/s1. The van der Waals surface area contributed by atoms with Crippen molar-refractivity contribution in [3.8, 4) is 0 Å². The van der Waals surface area contributed by atoms with Crippen molar-refractivity contribution in [2.24, 2.45) is 0 Å². The Morgan fingerprint density at radius 3 is 2.73 bits per heavy atom. The Hall–Kier alpha value is -2.29. The van der Waals surface area contributed by atoms with Crippen molar-refractivity contribution >= 4 is 23.8 Å². The minimum Gasteiger partial charge on any atom is -0.445 e. The molecule has 0 unspecified atom stereocenters. The van der Waals surface area contributed by atoms with E-state index in [1.165, 1.54) is 0 Å². The Labute approximate surface area is 156 Å². The van der Waals surface area contributed by atoms with Crippen LogP contribution in [0.15, 0.2) is 30.3 Å². The normalized spacial score (nSPS) is 14.7. The van der Waals surface area contributed by atoms with Gasteiger partial charge in [-0.05, 0) is 18.4 Å². The Balaban J connectivity index is 1.85. The Bertz CT molecular complexity index is 608. The predicted octanol–water partition coefficient (Wildman–Crippen LogP) is 2.26. The van der Waals surface area contributed by atoms with Crippen LogP contribution < -0.4 is 5.32 Å². The lowest BCUT2D eigenvalue weighted by molar-refractivity contribution is -0.480. The van der Waals surface area contributed by atoms with Crippen molar-refractivity contribution in [1.82, 2.24) is 10.2 Å². The van der Waals surface area contributed by atoms with Crippen LogP contribution in [0.25, 0.3) is 0 Å². The van der Waals surface area contributed by atoms with E-state index in [0.29, 0.717) is 31.7 Å². The first-order valence-corrected chi connectivity index (χ1v) is 9.67. The second-order valence-corrected chi connectivity index (χ2v) is 7.02. The van der Waals surface area contributed by atoms with Gasteiger partial charge in [0, 0.05) is 23.6 Å². The van der Waals surface area contributed by atoms with Gasteiger partial charge in [0.1, 0.15) is 12.6 Å². The van der Waals surface area contributed by atoms with Crippen molar-refractivity contribution in [2.45, 2.75) is 31.9 Å². The summed E-state index contributed by atoms with van der Waals surface area (Å²) in [7, 11) is 0. The van der Waals surface area contributed by atoms with E-state index >= 15 is 0 Å². The lowest BCUT2D eigenvalue weighted by Crippen LogP contribution is -2.47. The van der Waals surface area contributed by atoms with Crippen LogP contribution in [-0.2, 0) is 16.1 Å². The van der Waals surface area contributed by atoms with E-state index in [1.807, 2.05) is 30.3 Å². The van der Waals surface area contributed by atoms with Gasteiger partial charge in [0.2, 0.25) is 12.5 Å². The van der Waals surface area contributed by atoms with E-state index in [0.717, 1.165) is 11.3 Å². The average Bonchev–Trinajstić information content (AvgIpc) is 3.17. The number of hydrogen-bond acceptors (Lipinski definition) is 6. The minimum absolute atomic E-state index is 0.120. The summed E-state index contributed by atoms with van der Waals surface area (Å²) >= 11 is 1.66. The molecule has 0 radical (unpaired) electrons. The zero-order chi connectivity index (χ0) is 18.8. The van der Waals surface area contributed by atoms with Crippen molar-refractivity contribution in [3.63, 3.8) is 0 Å². The van der Waals surface area contributed by atoms with Gasteiger partial charge in [-0.15, -0.1) is 11.8 Å². The molecule has 9 heteroatoms. The fourth-order valence-electron chi connectivity index (χ4n) is 2.56. The molecule has 1 saturated heterocycles. The van der Waals surface area contributed by atoms with E-state index < -0.39 is 12.1 Å². The van der Waals surface area contributed by atoms with Crippen LogP contribution in [0.5, 0.6) is 0 Å². The lowest BCUT2D eigenvalue weighted by atomic mass is 10.1. The SMILES string of the molecule is O=C(N[C@@H](CCCC[N+](=O)[O-])C(=O)N1CCSC1)OCc1ccccc1. The van der Waals surface area contributed by atoms with Gasteiger partial charge in [0.05, 0.1) is 5.88 Å². The minimum atomic E-state index is -0.719. The Kier molecular flexibility index (Phi) is 8.20. The van der Waals surface area contributed by atoms with Crippen LogP contribution in [0.2, 0.25) is 0 Å². The first-order valence-electron chi connectivity index (χ1n) is 8.52. The number of rotatable bonds is 9. The smallest absolute Gasteiger partial charge is 0.408 e. The largest absolute Gasteiger partial charge is 0.445 e. The van der Waals surface area contributed by atoms with E-state index in [-0.39, 0.29) is 24.0 Å². The van der Waals surface area contributed by atoms with Gasteiger partial charge in [-0.3, -0.25) is 14.9 Å². The summed E-state index contributed by atoms with van der Waals surface area (Å²) in [6.07, 6.45) is 0.547. The number of amides is 2. The van der Waals surface area contributed by atoms with Crippen molar-refractivity contribution in [1.29, 1.82) is 0 Å². The van der Waals surface area contributed by atoms with E-state index in [1.54, 1.807) is 16.7 Å². The molecule has 142 valence electrons. The zero-order valence-electron chi connectivity index (χ0n) is 14.5. The zero-order valence-corrected chi connectivity index (χ0v) is 15.3. The topological polar surface area (TPSA) is 102 Å². The summed E-state index contributed by atoms with van der Waals surface area (Å²) in [5, 5.41) is 13.0. The Morgan fingerprint density at radius 1 is 1.31 bits per heavy atom. The molecule has 1 fully saturated rings. The number of nitrogens with one attached hydrogen (secondary N) is 1. The van der Waals surface area contributed by atoms with Gasteiger partial charge >= 0.3 is 6.09 Å². The highest BCUT2D eigenvalue weighted by Gasteiger charge is 2.28. The quantitative estimate of drug-likeness (QED) is 0.400. The van der Waals surface area contributed by atoms with E-state index in [9.17, 15) is 19.7 Å². The third-order valence-electron chi connectivity index (χ3n) is 3.95. The molecule has 1 aromatic rings. The van der Waals surface area contributed by atoms with E-state index in [2.05, 4.69) is 5.32 Å². The van der Waals surface area contributed by atoms with Gasteiger partial charge in [-0.25, -0.2) is 4.79 Å². The molecule has 0 aromatic heterocycles. The number of alkyl carbamates (subject to hydrolysis) is 1. The maximum atomic E-state index is 12.6. The van der Waals surface area contributed by atoms with Gasteiger partial charge in [0.25, 0.3) is 0 Å². The summed E-state index contributed by atoms with van der Waals surface area (Å²) in [5.74, 6) is 1.32. The maximum absolute atomic E-state index is 12.6. The number of carbonyl (C=O) groups excluding carboxylic acids is 2. The molecule has 0 aliphatic carbocycles. The first kappa shape index (κ1) is 20.0. The van der Waals surface area contributed by atoms with Crippen LogP contribution in [0.1, 0.15) is 24.8 Å². The molecule has 1 atom stereocenters. The monoisotopic (exact) mass is 381 g/mol. The number of nitrogens with zero attached hydrogens (tertiary/aromatic N) is 2. The van der Waals surface area contributed by atoms with Crippen LogP contribution in [0.3, 0.4) is 0 Å². The molecule has 1 N–H and O–H groups in total. The second-order valence-electron chi connectivity index (χ2n) is 5.95. The molecule has 0 spiro atoms. The summed E-state index contributed by atoms with van der Waals surface area (Å²) in [4.78, 5) is 36.4. The van der Waals surface area contributed by atoms with Crippen LogP contribution >= 0.6 is 11.8 Å². The van der Waals surface area contributed by atoms with Gasteiger partial charge in [0.15, 0.2) is 0 Å². The van der Waals surface area contributed by atoms with Crippen LogP contribution in [0, 0.1) is 10.1 Å². The second kappa shape index (κ2) is 10.6. The van der Waals surface area contributed by atoms with Crippen LogP contribution in [-0.4, -0.2) is 52.6 Å². The van der Waals surface area contributed by atoms with E-state index in [4.69, 9.17) is 4.74 Å². The molecular weight excluding hydrogens is 358 g/mol. The number of carbonyl (C=O) groups is 2. The van der Waals surface area contributed by atoms with Gasteiger partial charge in [-0.2, -0.15) is 0 Å². The molecule has 0 bridgehead atoms. The molecule has 1 aliphatic heterocycles. The third kappa shape index (κ3) is 6.91. The summed E-state index contributed by atoms with van der Waals surface area (Å²) < 4.78 is 5.18. The molecule has 0 saturated carbocycles. The van der Waals surface area contributed by atoms with Crippen molar-refractivity contribution < 1.29 is 19.2 Å². The molecular formula is C17H23N3O5S. The molecule has 8 nitrogen and oxygen atoms in total. The summed E-state index contributed by atoms with van der Waals surface area (Å²) in [5.41, 5.74) is 0.854. The lowest BCUT2D eigenvalue weighted by Gasteiger charge is -2.23. The molecule has 2 amide bonds. The maximum Gasteiger partial charge on any atom is 0.408 e. The number of benzene rings is 1. The fourth-order valence-corrected chi connectivity index (χ4v) is 3.52. The number of nitro groups is 1. The van der Waals surface area contributed by atoms with Crippen molar-refractivity contribution in [2.75, 3.05) is 24.7 Å². The van der Waals surface area contributed by atoms with Crippen molar-refractivity contribution in [3.05, 3.63) is 46.0 Å². The van der Waals surface area contributed by atoms with Crippen LogP contribution in [0.4, 0.5) is 4.79 Å². The fraction of sp³-hybridized carbons (Fsp3) is 0.529. The number of thioether (sulfide) groups is 1. The highest BCUT2D eigenvalue weighted by molar-refractivity contribution is 7.99. The average molecular weight is 381 g/mol. The third-order valence-corrected chi connectivity index (χ3v) is 4.92. The summed E-state index contributed by atoms with van der Waals surface area (Å²) in [6.45, 7) is 0.628. The number of hydrogen-bond donors (Lipinski definition) is 1.